The molecular weight excluding hydrogens is 290 g/mol. The van der Waals surface area contributed by atoms with E-state index in [0.717, 1.165) is 12.2 Å². The third kappa shape index (κ3) is 4.10. The SMILES string of the molecule is CNc1c(C(=O)N(C)C(C)CCSC)cccc1[N+](=O)[O-]. The minimum Gasteiger partial charge on any atom is -0.382 e. The van der Waals surface area contributed by atoms with Crippen molar-refractivity contribution < 1.29 is 9.72 Å². The first-order chi connectivity index (χ1) is 9.93. The molecule has 6 nitrogen and oxygen atoms in total. The van der Waals surface area contributed by atoms with Crippen LogP contribution in [-0.2, 0) is 0 Å². The summed E-state index contributed by atoms with van der Waals surface area (Å²) in [6.07, 6.45) is 2.90. The highest BCUT2D eigenvalue weighted by atomic mass is 32.2. The summed E-state index contributed by atoms with van der Waals surface area (Å²) in [7, 11) is 3.31. The molecule has 1 rings (SSSR count). The van der Waals surface area contributed by atoms with E-state index >= 15 is 0 Å². The molecule has 0 saturated carbocycles. The highest BCUT2D eigenvalue weighted by Crippen LogP contribution is 2.29. The number of amides is 1. The number of carbonyl (C=O) groups is 1. The molecule has 21 heavy (non-hydrogen) atoms. The summed E-state index contributed by atoms with van der Waals surface area (Å²) in [6, 6.07) is 4.61. The molecule has 0 radical (unpaired) electrons. The number of thioether (sulfide) groups is 1. The standard InChI is InChI=1S/C14H21N3O3S/c1-10(8-9-21-4)16(3)14(18)11-6-5-7-12(17(19)20)13(11)15-2/h5-7,10,15H,8-9H2,1-4H3. The number of nitro benzene ring substituents is 1. The highest BCUT2D eigenvalue weighted by molar-refractivity contribution is 7.98. The Bertz CT molecular complexity index is 522. The third-order valence-corrected chi connectivity index (χ3v) is 4.08. The molecule has 0 aromatic heterocycles. The van der Waals surface area contributed by atoms with Crippen molar-refractivity contribution in [3.8, 4) is 0 Å². The number of benzene rings is 1. The molecule has 1 N–H and O–H groups in total. The number of nitro groups is 1. The molecule has 7 heteroatoms. The van der Waals surface area contributed by atoms with E-state index in [1.54, 1.807) is 36.8 Å². The van der Waals surface area contributed by atoms with Crippen LogP contribution < -0.4 is 5.32 Å². The second-order valence-electron chi connectivity index (χ2n) is 4.75. The Morgan fingerprint density at radius 2 is 2.19 bits per heavy atom. The number of para-hydroxylation sites is 1. The Morgan fingerprint density at radius 1 is 1.52 bits per heavy atom. The summed E-state index contributed by atoms with van der Waals surface area (Å²) >= 11 is 1.73. The van der Waals surface area contributed by atoms with Gasteiger partial charge < -0.3 is 10.2 Å². The fraction of sp³-hybridized carbons (Fsp3) is 0.500. The van der Waals surface area contributed by atoms with Crippen molar-refractivity contribution in [2.45, 2.75) is 19.4 Å². The van der Waals surface area contributed by atoms with E-state index in [0.29, 0.717) is 5.56 Å². The van der Waals surface area contributed by atoms with Crippen molar-refractivity contribution in [2.75, 3.05) is 31.4 Å². The first-order valence-electron chi connectivity index (χ1n) is 6.65. The first kappa shape index (κ1) is 17.3. The van der Waals surface area contributed by atoms with Crippen LogP contribution in [0.15, 0.2) is 18.2 Å². The predicted octanol–water partition coefficient (Wildman–Crippen LogP) is 2.85. The number of nitrogens with zero attached hydrogens (tertiary/aromatic N) is 2. The van der Waals surface area contributed by atoms with E-state index in [4.69, 9.17) is 0 Å². The van der Waals surface area contributed by atoms with Gasteiger partial charge in [-0.15, -0.1) is 0 Å². The molecule has 0 aliphatic carbocycles. The Labute approximate surface area is 129 Å². The Morgan fingerprint density at radius 3 is 2.71 bits per heavy atom. The van der Waals surface area contributed by atoms with Crippen LogP contribution in [0, 0.1) is 10.1 Å². The molecule has 0 spiro atoms. The van der Waals surface area contributed by atoms with Crippen molar-refractivity contribution in [3.05, 3.63) is 33.9 Å². The first-order valence-corrected chi connectivity index (χ1v) is 8.04. The fourth-order valence-corrected chi connectivity index (χ4v) is 2.58. The third-order valence-electron chi connectivity index (χ3n) is 3.44. The quantitative estimate of drug-likeness (QED) is 0.619. The van der Waals surface area contributed by atoms with Gasteiger partial charge in [0, 0.05) is 26.2 Å². The largest absolute Gasteiger partial charge is 0.382 e. The zero-order chi connectivity index (χ0) is 16.0. The van der Waals surface area contributed by atoms with Crippen LogP contribution in [0.25, 0.3) is 0 Å². The van der Waals surface area contributed by atoms with Crippen molar-refractivity contribution in [1.29, 1.82) is 0 Å². The minimum atomic E-state index is -0.486. The highest BCUT2D eigenvalue weighted by Gasteiger charge is 2.24. The average molecular weight is 311 g/mol. The summed E-state index contributed by atoms with van der Waals surface area (Å²) in [4.78, 5) is 24.7. The molecule has 1 aromatic rings. The van der Waals surface area contributed by atoms with Crippen LogP contribution in [0.3, 0.4) is 0 Å². The maximum atomic E-state index is 12.6. The predicted molar refractivity (Wildman–Crippen MR) is 87.2 cm³/mol. The van der Waals surface area contributed by atoms with E-state index in [9.17, 15) is 14.9 Å². The van der Waals surface area contributed by atoms with Gasteiger partial charge in [0.25, 0.3) is 11.6 Å². The molecular formula is C14H21N3O3S. The monoisotopic (exact) mass is 311 g/mol. The summed E-state index contributed by atoms with van der Waals surface area (Å²) in [5.74, 6) is 0.753. The van der Waals surface area contributed by atoms with Gasteiger partial charge in [-0.2, -0.15) is 11.8 Å². The van der Waals surface area contributed by atoms with Crippen LogP contribution >= 0.6 is 11.8 Å². The second-order valence-corrected chi connectivity index (χ2v) is 5.74. The summed E-state index contributed by atoms with van der Waals surface area (Å²) in [5.41, 5.74) is 0.495. The topological polar surface area (TPSA) is 75.5 Å². The summed E-state index contributed by atoms with van der Waals surface area (Å²) < 4.78 is 0. The van der Waals surface area contributed by atoms with Crippen LogP contribution in [-0.4, -0.2) is 47.9 Å². The van der Waals surface area contributed by atoms with E-state index < -0.39 is 4.92 Å². The Hall–Kier alpha value is -1.76. The van der Waals surface area contributed by atoms with Gasteiger partial charge in [-0.05, 0) is 31.4 Å². The maximum absolute atomic E-state index is 12.6. The molecule has 1 amide bonds. The number of rotatable bonds is 7. The van der Waals surface area contributed by atoms with Gasteiger partial charge >= 0.3 is 0 Å². The van der Waals surface area contributed by atoms with E-state index in [1.165, 1.54) is 12.1 Å². The Balaban J connectivity index is 3.07. The molecule has 1 aromatic carbocycles. The van der Waals surface area contributed by atoms with E-state index in [-0.39, 0.29) is 23.3 Å². The number of carbonyl (C=O) groups excluding carboxylic acids is 1. The maximum Gasteiger partial charge on any atom is 0.293 e. The smallest absolute Gasteiger partial charge is 0.293 e. The van der Waals surface area contributed by atoms with Crippen LogP contribution in [0.2, 0.25) is 0 Å². The van der Waals surface area contributed by atoms with Crippen molar-refractivity contribution in [1.82, 2.24) is 4.90 Å². The van der Waals surface area contributed by atoms with Crippen molar-refractivity contribution in [3.63, 3.8) is 0 Å². The minimum absolute atomic E-state index is 0.0777. The Kier molecular flexibility index (Phi) is 6.48. The van der Waals surface area contributed by atoms with Crippen molar-refractivity contribution in [2.24, 2.45) is 0 Å². The number of hydrogen-bond acceptors (Lipinski definition) is 5. The van der Waals surface area contributed by atoms with E-state index in [1.807, 2.05) is 13.2 Å². The van der Waals surface area contributed by atoms with Gasteiger partial charge in [0.15, 0.2) is 0 Å². The van der Waals surface area contributed by atoms with Gasteiger partial charge in [-0.1, -0.05) is 6.07 Å². The average Bonchev–Trinajstić information content (AvgIpc) is 2.49. The molecule has 0 aliphatic heterocycles. The fourth-order valence-electron chi connectivity index (χ4n) is 2.01. The van der Waals surface area contributed by atoms with Gasteiger partial charge in [-0.25, -0.2) is 0 Å². The lowest BCUT2D eigenvalue weighted by atomic mass is 10.1. The number of anilines is 1. The molecule has 0 bridgehead atoms. The van der Waals surface area contributed by atoms with Crippen LogP contribution in [0.5, 0.6) is 0 Å². The molecule has 0 heterocycles. The molecule has 1 unspecified atom stereocenters. The lowest BCUT2D eigenvalue weighted by Crippen LogP contribution is -2.35. The van der Waals surface area contributed by atoms with Gasteiger partial charge in [0.05, 0.1) is 10.5 Å². The number of nitrogens with one attached hydrogen (secondary N) is 1. The van der Waals surface area contributed by atoms with Crippen LogP contribution in [0.4, 0.5) is 11.4 Å². The normalized spacial score (nSPS) is 11.8. The van der Waals surface area contributed by atoms with Gasteiger partial charge in [-0.3, -0.25) is 14.9 Å². The zero-order valence-corrected chi connectivity index (χ0v) is 13.6. The lowest BCUT2D eigenvalue weighted by molar-refractivity contribution is -0.384. The van der Waals surface area contributed by atoms with Gasteiger partial charge in [0.2, 0.25) is 0 Å². The summed E-state index contributed by atoms with van der Waals surface area (Å²) in [6.45, 7) is 1.98. The molecule has 1 atom stereocenters. The van der Waals surface area contributed by atoms with Crippen molar-refractivity contribution >= 4 is 29.0 Å². The van der Waals surface area contributed by atoms with E-state index in [2.05, 4.69) is 5.32 Å². The summed E-state index contributed by atoms with van der Waals surface area (Å²) in [5, 5.41) is 13.8. The second kappa shape index (κ2) is 7.87. The number of hydrogen-bond donors (Lipinski definition) is 1. The zero-order valence-electron chi connectivity index (χ0n) is 12.8. The molecule has 0 aliphatic rings. The molecule has 0 fully saturated rings. The molecule has 0 saturated heterocycles. The lowest BCUT2D eigenvalue weighted by Gasteiger charge is -2.25. The van der Waals surface area contributed by atoms with Gasteiger partial charge in [0.1, 0.15) is 5.69 Å². The molecule has 116 valence electrons. The van der Waals surface area contributed by atoms with Crippen LogP contribution in [0.1, 0.15) is 23.7 Å².